The van der Waals surface area contributed by atoms with Gasteiger partial charge < -0.3 is 9.80 Å². The minimum Gasteiger partial charge on any atom is -0.337 e. The van der Waals surface area contributed by atoms with Crippen LogP contribution in [-0.2, 0) is 0 Å². The lowest BCUT2D eigenvalue weighted by Gasteiger charge is -2.24. The van der Waals surface area contributed by atoms with Gasteiger partial charge >= 0.3 is 0 Å². The lowest BCUT2D eigenvalue weighted by molar-refractivity contribution is 0.0776. The molecule has 0 spiro atoms. The van der Waals surface area contributed by atoms with Gasteiger partial charge in [-0.15, -0.1) is 11.3 Å². The van der Waals surface area contributed by atoms with Crippen molar-refractivity contribution in [3.8, 4) is 0 Å². The summed E-state index contributed by atoms with van der Waals surface area (Å²) in [6.07, 6.45) is 0. The molecule has 0 aliphatic carbocycles. The summed E-state index contributed by atoms with van der Waals surface area (Å²) in [4.78, 5) is 17.8. The van der Waals surface area contributed by atoms with Crippen molar-refractivity contribution < 1.29 is 4.79 Å². The van der Waals surface area contributed by atoms with Gasteiger partial charge in [-0.25, -0.2) is 0 Å². The summed E-state index contributed by atoms with van der Waals surface area (Å²) >= 11 is 1.55. The maximum atomic E-state index is 12.3. The number of hydrogen-bond acceptors (Lipinski definition) is 3. The van der Waals surface area contributed by atoms with Gasteiger partial charge in [0, 0.05) is 32.2 Å². The van der Waals surface area contributed by atoms with E-state index >= 15 is 0 Å². The summed E-state index contributed by atoms with van der Waals surface area (Å²) < 4.78 is 0. The Labute approximate surface area is 112 Å². The van der Waals surface area contributed by atoms with Gasteiger partial charge in [-0.2, -0.15) is 0 Å². The van der Waals surface area contributed by atoms with E-state index in [-0.39, 0.29) is 5.91 Å². The number of likely N-dealkylation sites (tertiary alicyclic amines) is 2. The van der Waals surface area contributed by atoms with E-state index in [1.165, 1.54) is 0 Å². The molecule has 3 rings (SSSR count). The average Bonchev–Trinajstić information content (AvgIpc) is 3.03. The number of hydrogen-bond donors (Lipinski definition) is 0. The third-order valence-electron chi connectivity index (χ3n) is 4.26. The third-order valence-corrected chi connectivity index (χ3v) is 5.12. The molecule has 4 heteroatoms. The molecule has 0 bridgehead atoms. The molecule has 0 unspecified atom stereocenters. The van der Waals surface area contributed by atoms with Crippen LogP contribution in [0.15, 0.2) is 17.5 Å². The molecule has 0 saturated carbocycles. The fourth-order valence-electron chi connectivity index (χ4n) is 3.17. The van der Waals surface area contributed by atoms with E-state index in [9.17, 15) is 4.79 Å². The van der Waals surface area contributed by atoms with Crippen LogP contribution in [0, 0.1) is 11.8 Å². The molecule has 2 aliphatic heterocycles. The van der Waals surface area contributed by atoms with Crippen molar-refractivity contribution >= 4 is 17.2 Å². The molecule has 0 radical (unpaired) electrons. The van der Waals surface area contributed by atoms with Gasteiger partial charge in [-0.3, -0.25) is 4.79 Å². The van der Waals surface area contributed by atoms with E-state index < -0.39 is 0 Å². The average molecular weight is 264 g/mol. The minimum atomic E-state index is 0.232. The molecular formula is C14H20N2OS. The number of fused-ring (bicyclic) bond motifs is 1. The first kappa shape index (κ1) is 12.2. The van der Waals surface area contributed by atoms with Crippen LogP contribution in [0.25, 0.3) is 0 Å². The number of carbonyl (C=O) groups is 1. The number of carbonyl (C=O) groups excluding carboxylic acids is 1. The first-order valence-electron chi connectivity index (χ1n) is 6.72. The monoisotopic (exact) mass is 264 g/mol. The minimum absolute atomic E-state index is 0.232. The number of nitrogens with zero attached hydrogens (tertiary/aromatic N) is 2. The van der Waals surface area contributed by atoms with Gasteiger partial charge in [0.05, 0.1) is 4.88 Å². The van der Waals surface area contributed by atoms with E-state index in [1.807, 2.05) is 17.5 Å². The third kappa shape index (κ3) is 2.08. The van der Waals surface area contributed by atoms with E-state index in [2.05, 4.69) is 23.6 Å². The molecule has 3 heterocycles. The molecule has 0 N–H and O–H groups in total. The van der Waals surface area contributed by atoms with Crippen molar-refractivity contribution in [2.75, 3.05) is 26.2 Å². The van der Waals surface area contributed by atoms with Gasteiger partial charge in [-0.05, 0) is 37.1 Å². The highest BCUT2D eigenvalue weighted by molar-refractivity contribution is 7.12. The maximum Gasteiger partial charge on any atom is 0.263 e. The number of amides is 1. The van der Waals surface area contributed by atoms with Crippen LogP contribution in [0.2, 0.25) is 0 Å². The Bertz CT molecular complexity index is 415. The van der Waals surface area contributed by atoms with Crippen LogP contribution in [0.4, 0.5) is 0 Å². The second-order valence-electron chi connectivity index (χ2n) is 5.76. The Morgan fingerprint density at radius 2 is 1.94 bits per heavy atom. The lowest BCUT2D eigenvalue weighted by atomic mass is 10.0. The standard InChI is InChI=1S/C14H20N2OS/c1-10(2)15-6-11-8-16(9-12(11)7-15)14(17)13-4-3-5-18-13/h3-5,10-12H,6-9H2,1-2H3/t11-,12-/m0/s1. The van der Waals surface area contributed by atoms with Crippen molar-refractivity contribution in [1.29, 1.82) is 0 Å². The first-order valence-corrected chi connectivity index (χ1v) is 7.60. The highest BCUT2D eigenvalue weighted by atomic mass is 32.1. The smallest absolute Gasteiger partial charge is 0.263 e. The molecular weight excluding hydrogens is 244 g/mol. The molecule has 2 fully saturated rings. The first-order chi connectivity index (χ1) is 8.65. The van der Waals surface area contributed by atoms with Crippen LogP contribution < -0.4 is 0 Å². The molecule has 1 aromatic rings. The highest BCUT2D eigenvalue weighted by Crippen LogP contribution is 2.33. The van der Waals surface area contributed by atoms with Gasteiger partial charge in [0.25, 0.3) is 5.91 Å². The molecule has 1 amide bonds. The molecule has 0 aromatic carbocycles. The Morgan fingerprint density at radius 1 is 1.28 bits per heavy atom. The predicted octanol–water partition coefficient (Wildman–Crippen LogP) is 2.16. The molecule has 2 saturated heterocycles. The van der Waals surface area contributed by atoms with Crippen LogP contribution >= 0.6 is 11.3 Å². The fraction of sp³-hybridized carbons (Fsp3) is 0.643. The largest absolute Gasteiger partial charge is 0.337 e. The molecule has 2 aliphatic rings. The summed E-state index contributed by atoms with van der Waals surface area (Å²) in [6, 6.07) is 4.52. The zero-order valence-corrected chi connectivity index (χ0v) is 11.8. The van der Waals surface area contributed by atoms with Crippen LogP contribution in [-0.4, -0.2) is 47.9 Å². The lowest BCUT2D eigenvalue weighted by Crippen LogP contribution is -2.35. The maximum absolute atomic E-state index is 12.3. The quantitative estimate of drug-likeness (QED) is 0.817. The SMILES string of the molecule is CC(C)N1C[C@H]2CN(C(=O)c3cccs3)C[C@@H]2C1. The van der Waals surface area contributed by atoms with Gasteiger partial charge in [0.1, 0.15) is 0 Å². The Morgan fingerprint density at radius 3 is 2.44 bits per heavy atom. The summed E-state index contributed by atoms with van der Waals surface area (Å²) in [5, 5.41) is 1.98. The summed E-state index contributed by atoms with van der Waals surface area (Å²) in [6.45, 7) is 8.74. The zero-order chi connectivity index (χ0) is 12.7. The van der Waals surface area contributed by atoms with E-state index in [1.54, 1.807) is 11.3 Å². The summed E-state index contributed by atoms with van der Waals surface area (Å²) in [5.41, 5.74) is 0. The van der Waals surface area contributed by atoms with Crippen LogP contribution in [0.3, 0.4) is 0 Å². The topological polar surface area (TPSA) is 23.6 Å². The van der Waals surface area contributed by atoms with E-state index in [0.717, 1.165) is 31.1 Å². The Hall–Kier alpha value is -0.870. The van der Waals surface area contributed by atoms with Crippen molar-refractivity contribution in [1.82, 2.24) is 9.80 Å². The highest BCUT2D eigenvalue weighted by Gasteiger charge is 2.42. The second-order valence-corrected chi connectivity index (χ2v) is 6.70. The molecule has 98 valence electrons. The normalized spacial score (nSPS) is 28.1. The number of rotatable bonds is 2. The second kappa shape index (κ2) is 4.67. The van der Waals surface area contributed by atoms with Crippen LogP contribution in [0.5, 0.6) is 0 Å². The van der Waals surface area contributed by atoms with E-state index in [4.69, 9.17) is 0 Å². The van der Waals surface area contributed by atoms with Gasteiger partial charge in [0.2, 0.25) is 0 Å². The van der Waals surface area contributed by atoms with Crippen molar-refractivity contribution in [3.05, 3.63) is 22.4 Å². The molecule has 1 aromatic heterocycles. The van der Waals surface area contributed by atoms with Crippen molar-refractivity contribution in [2.24, 2.45) is 11.8 Å². The fourth-order valence-corrected chi connectivity index (χ4v) is 3.86. The molecule has 2 atom stereocenters. The molecule has 3 nitrogen and oxygen atoms in total. The van der Waals surface area contributed by atoms with Crippen molar-refractivity contribution in [3.63, 3.8) is 0 Å². The Kier molecular flexibility index (Phi) is 3.16. The van der Waals surface area contributed by atoms with E-state index in [0.29, 0.717) is 17.9 Å². The number of thiophene rings is 1. The van der Waals surface area contributed by atoms with Crippen molar-refractivity contribution in [2.45, 2.75) is 19.9 Å². The summed E-state index contributed by atoms with van der Waals surface area (Å²) in [5.74, 6) is 1.61. The predicted molar refractivity (Wildman–Crippen MR) is 73.9 cm³/mol. The Balaban J connectivity index is 1.63. The van der Waals surface area contributed by atoms with Crippen LogP contribution in [0.1, 0.15) is 23.5 Å². The molecule has 18 heavy (non-hydrogen) atoms. The zero-order valence-electron chi connectivity index (χ0n) is 11.0. The van der Waals surface area contributed by atoms with Gasteiger partial charge in [-0.1, -0.05) is 6.07 Å². The van der Waals surface area contributed by atoms with Gasteiger partial charge in [0.15, 0.2) is 0 Å². The summed E-state index contributed by atoms with van der Waals surface area (Å²) in [7, 11) is 0.